The fourth-order valence-electron chi connectivity index (χ4n) is 1.77. The molecule has 1 atom stereocenters. The van der Waals surface area contributed by atoms with Gasteiger partial charge >= 0.3 is 0 Å². The van der Waals surface area contributed by atoms with Crippen molar-refractivity contribution in [2.45, 2.75) is 33.7 Å². The van der Waals surface area contributed by atoms with E-state index in [4.69, 9.17) is 10.2 Å². The summed E-state index contributed by atoms with van der Waals surface area (Å²) in [5, 5.41) is 10.3. The molecule has 1 aromatic heterocycles. The molecule has 0 bridgehead atoms. The SMILES string of the molecule is Cc1ccc(-c2nnc([C@@H](NC(=O)C(C)(C)C)C(N)=O)o2)cc1. The average molecular weight is 316 g/mol. The van der Waals surface area contributed by atoms with Gasteiger partial charge in [-0.05, 0) is 19.1 Å². The minimum Gasteiger partial charge on any atom is -0.418 e. The Morgan fingerprint density at radius 2 is 1.78 bits per heavy atom. The quantitative estimate of drug-likeness (QED) is 0.892. The van der Waals surface area contributed by atoms with Crippen LogP contribution in [0.4, 0.5) is 0 Å². The third-order valence-electron chi connectivity index (χ3n) is 3.23. The van der Waals surface area contributed by atoms with Crippen molar-refractivity contribution in [1.29, 1.82) is 0 Å². The first kappa shape index (κ1) is 16.7. The zero-order chi connectivity index (χ0) is 17.2. The van der Waals surface area contributed by atoms with Gasteiger partial charge < -0.3 is 15.5 Å². The third kappa shape index (κ3) is 3.94. The molecule has 1 aromatic carbocycles. The molecule has 2 amide bonds. The van der Waals surface area contributed by atoms with Crippen LogP contribution in [0.2, 0.25) is 0 Å². The van der Waals surface area contributed by atoms with Crippen molar-refractivity contribution >= 4 is 11.8 Å². The Balaban J connectivity index is 2.26. The predicted molar refractivity (Wildman–Crippen MR) is 84.0 cm³/mol. The van der Waals surface area contributed by atoms with E-state index in [0.29, 0.717) is 0 Å². The molecule has 0 unspecified atom stereocenters. The van der Waals surface area contributed by atoms with E-state index >= 15 is 0 Å². The molecule has 1 heterocycles. The molecule has 23 heavy (non-hydrogen) atoms. The minimum atomic E-state index is -1.16. The number of nitrogens with two attached hydrogens (primary N) is 1. The standard InChI is InChI=1S/C16H20N4O3/c1-9-5-7-10(8-6-9)13-19-20-14(23-13)11(12(17)21)18-15(22)16(2,3)4/h5-8,11H,1-4H3,(H2,17,21)(H,18,22)/t11-/m0/s1. The molecular weight excluding hydrogens is 296 g/mol. The Morgan fingerprint density at radius 3 is 2.30 bits per heavy atom. The summed E-state index contributed by atoms with van der Waals surface area (Å²) in [7, 11) is 0. The number of nitrogens with one attached hydrogen (secondary N) is 1. The second-order valence-electron chi connectivity index (χ2n) is 6.37. The van der Waals surface area contributed by atoms with Crippen molar-refractivity contribution in [3.63, 3.8) is 0 Å². The topological polar surface area (TPSA) is 111 Å². The molecule has 0 saturated heterocycles. The maximum absolute atomic E-state index is 12.1. The zero-order valence-electron chi connectivity index (χ0n) is 13.6. The van der Waals surface area contributed by atoms with Gasteiger partial charge in [-0.2, -0.15) is 0 Å². The van der Waals surface area contributed by atoms with Gasteiger partial charge in [0.05, 0.1) is 0 Å². The van der Waals surface area contributed by atoms with Crippen molar-refractivity contribution in [1.82, 2.24) is 15.5 Å². The maximum Gasteiger partial charge on any atom is 0.249 e. The summed E-state index contributed by atoms with van der Waals surface area (Å²) < 4.78 is 5.51. The Hall–Kier alpha value is -2.70. The fourth-order valence-corrected chi connectivity index (χ4v) is 1.77. The zero-order valence-corrected chi connectivity index (χ0v) is 13.6. The number of benzene rings is 1. The van der Waals surface area contributed by atoms with Crippen LogP contribution in [0.5, 0.6) is 0 Å². The van der Waals surface area contributed by atoms with Gasteiger partial charge in [0, 0.05) is 11.0 Å². The van der Waals surface area contributed by atoms with Gasteiger partial charge in [-0.25, -0.2) is 0 Å². The summed E-state index contributed by atoms with van der Waals surface area (Å²) in [5.41, 5.74) is 6.49. The van der Waals surface area contributed by atoms with Crippen LogP contribution in [0.15, 0.2) is 28.7 Å². The molecule has 3 N–H and O–H groups in total. The molecule has 0 saturated carbocycles. The smallest absolute Gasteiger partial charge is 0.249 e. The molecule has 2 aromatic rings. The van der Waals surface area contributed by atoms with Crippen molar-refractivity contribution in [2.75, 3.05) is 0 Å². The Morgan fingerprint density at radius 1 is 1.17 bits per heavy atom. The highest BCUT2D eigenvalue weighted by Crippen LogP contribution is 2.22. The molecule has 7 nitrogen and oxygen atoms in total. The number of carbonyl (C=O) groups excluding carboxylic acids is 2. The van der Waals surface area contributed by atoms with Crippen LogP contribution in [-0.4, -0.2) is 22.0 Å². The van der Waals surface area contributed by atoms with Crippen molar-refractivity contribution in [3.05, 3.63) is 35.7 Å². The van der Waals surface area contributed by atoms with Gasteiger partial charge in [0.25, 0.3) is 0 Å². The van der Waals surface area contributed by atoms with Gasteiger partial charge in [0.15, 0.2) is 6.04 Å². The number of amides is 2. The molecule has 0 radical (unpaired) electrons. The predicted octanol–water partition coefficient (Wildman–Crippen LogP) is 1.73. The fraction of sp³-hybridized carbons (Fsp3) is 0.375. The summed E-state index contributed by atoms with van der Waals surface area (Å²) >= 11 is 0. The van der Waals surface area contributed by atoms with Gasteiger partial charge in [0.1, 0.15) is 0 Å². The highest BCUT2D eigenvalue weighted by molar-refractivity contribution is 5.89. The first-order chi connectivity index (χ1) is 10.7. The van der Waals surface area contributed by atoms with Crippen molar-refractivity contribution in [3.8, 4) is 11.5 Å². The van der Waals surface area contributed by atoms with E-state index in [9.17, 15) is 9.59 Å². The number of aromatic nitrogens is 2. The van der Waals surface area contributed by atoms with Crippen molar-refractivity contribution < 1.29 is 14.0 Å². The Bertz CT molecular complexity index is 714. The third-order valence-corrected chi connectivity index (χ3v) is 3.23. The lowest BCUT2D eigenvalue weighted by molar-refractivity contribution is -0.133. The number of aryl methyl sites for hydroxylation is 1. The van der Waals surface area contributed by atoms with Gasteiger partial charge in [-0.15, -0.1) is 10.2 Å². The summed E-state index contributed by atoms with van der Waals surface area (Å²) in [6.07, 6.45) is 0. The highest BCUT2D eigenvalue weighted by atomic mass is 16.4. The monoisotopic (exact) mass is 316 g/mol. The van der Waals surface area contributed by atoms with Crippen LogP contribution in [0.3, 0.4) is 0 Å². The van der Waals surface area contributed by atoms with Crippen molar-refractivity contribution in [2.24, 2.45) is 11.1 Å². The largest absolute Gasteiger partial charge is 0.418 e. The van der Waals surface area contributed by atoms with Crippen LogP contribution >= 0.6 is 0 Å². The summed E-state index contributed by atoms with van der Waals surface area (Å²) in [5.74, 6) is -0.875. The molecule has 0 fully saturated rings. The Labute approximate surface area is 134 Å². The summed E-state index contributed by atoms with van der Waals surface area (Å²) in [4.78, 5) is 23.7. The first-order valence-electron chi connectivity index (χ1n) is 7.19. The van der Waals surface area contributed by atoms with Gasteiger partial charge in [0.2, 0.25) is 23.6 Å². The number of carbonyl (C=O) groups is 2. The van der Waals surface area contributed by atoms with Crippen LogP contribution < -0.4 is 11.1 Å². The summed E-state index contributed by atoms with van der Waals surface area (Å²) in [6.45, 7) is 7.15. The number of nitrogens with zero attached hydrogens (tertiary/aromatic N) is 2. The summed E-state index contributed by atoms with van der Waals surface area (Å²) in [6, 6.07) is 6.32. The van der Waals surface area contributed by atoms with E-state index in [1.165, 1.54) is 0 Å². The number of primary amides is 1. The van der Waals surface area contributed by atoms with Gasteiger partial charge in [-0.3, -0.25) is 9.59 Å². The minimum absolute atomic E-state index is 0.0364. The highest BCUT2D eigenvalue weighted by Gasteiger charge is 2.31. The van der Waals surface area contributed by atoms with E-state index in [1.54, 1.807) is 20.8 Å². The van der Waals surface area contributed by atoms with E-state index in [1.807, 2.05) is 31.2 Å². The molecule has 0 spiro atoms. The van der Waals surface area contributed by atoms with Crippen LogP contribution in [-0.2, 0) is 9.59 Å². The van der Waals surface area contributed by atoms with E-state index in [-0.39, 0.29) is 17.7 Å². The molecular formula is C16H20N4O3. The van der Waals surface area contributed by atoms with E-state index in [0.717, 1.165) is 11.1 Å². The van der Waals surface area contributed by atoms with E-state index < -0.39 is 17.4 Å². The second kappa shape index (κ2) is 6.20. The lowest BCUT2D eigenvalue weighted by Crippen LogP contribution is -2.42. The molecule has 0 aliphatic rings. The average Bonchev–Trinajstić information content (AvgIpc) is 2.93. The maximum atomic E-state index is 12.1. The molecule has 0 aliphatic carbocycles. The number of hydrogen-bond acceptors (Lipinski definition) is 5. The lowest BCUT2D eigenvalue weighted by atomic mass is 9.95. The van der Waals surface area contributed by atoms with Gasteiger partial charge in [-0.1, -0.05) is 38.5 Å². The van der Waals surface area contributed by atoms with Crippen LogP contribution in [0, 0.1) is 12.3 Å². The van der Waals surface area contributed by atoms with Crippen LogP contribution in [0.25, 0.3) is 11.5 Å². The Kier molecular flexibility index (Phi) is 4.49. The molecule has 0 aliphatic heterocycles. The van der Waals surface area contributed by atoms with E-state index in [2.05, 4.69) is 15.5 Å². The molecule has 2 rings (SSSR count). The van der Waals surface area contributed by atoms with Crippen LogP contribution in [0.1, 0.15) is 38.3 Å². The molecule has 7 heteroatoms. The first-order valence-corrected chi connectivity index (χ1v) is 7.19. The number of rotatable bonds is 4. The normalized spacial score (nSPS) is 12.7. The number of hydrogen-bond donors (Lipinski definition) is 2. The molecule has 122 valence electrons. The lowest BCUT2D eigenvalue weighted by Gasteiger charge is -2.20. The second-order valence-corrected chi connectivity index (χ2v) is 6.37.